The largest absolute Gasteiger partial charge is 0.492 e. The van der Waals surface area contributed by atoms with Crippen LogP contribution in [-0.2, 0) is 9.84 Å². The zero-order valence-electron chi connectivity index (χ0n) is 10.3. The van der Waals surface area contributed by atoms with E-state index in [9.17, 15) is 17.6 Å². The molecule has 0 spiro atoms. The fourth-order valence-electron chi connectivity index (χ4n) is 1.33. The Bertz CT molecular complexity index is 537. The van der Waals surface area contributed by atoms with Crippen LogP contribution in [0.2, 0.25) is 0 Å². The number of rotatable bonds is 6. The van der Waals surface area contributed by atoms with Gasteiger partial charge in [-0.3, -0.25) is 4.79 Å². The van der Waals surface area contributed by atoms with E-state index < -0.39 is 15.7 Å². The van der Waals surface area contributed by atoms with Crippen molar-refractivity contribution in [2.75, 3.05) is 18.1 Å². The van der Waals surface area contributed by atoms with Gasteiger partial charge in [0.2, 0.25) is 0 Å². The average molecular weight is 274 g/mol. The summed E-state index contributed by atoms with van der Waals surface area (Å²) in [7, 11) is -3.14. The van der Waals surface area contributed by atoms with Crippen molar-refractivity contribution in [3.8, 4) is 5.75 Å². The van der Waals surface area contributed by atoms with Crippen LogP contribution < -0.4 is 4.74 Å². The van der Waals surface area contributed by atoms with E-state index in [4.69, 9.17) is 4.74 Å². The lowest BCUT2D eigenvalue weighted by Crippen LogP contribution is -2.16. The van der Waals surface area contributed by atoms with Crippen molar-refractivity contribution in [3.63, 3.8) is 0 Å². The van der Waals surface area contributed by atoms with Crippen LogP contribution in [0, 0.1) is 5.82 Å². The summed E-state index contributed by atoms with van der Waals surface area (Å²) >= 11 is 0. The molecular weight excluding hydrogens is 259 g/mol. The van der Waals surface area contributed by atoms with Crippen molar-refractivity contribution in [3.05, 3.63) is 29.6 Å². The number of carbonyl (C=O) groups is 1. The van der Waals surface area contributed by atoms with E-state index >= 15 is 0 Å². The molecule has 100 valence electrons. The summed E-state index contributed by atoms with van der Waals surface area (Å²) in [5.74, 6) is -0.846. The second kappa shape index (κ2) is 5.95. The second-order valence-corrected chi connectivity index (χ2v) is 6.25. The minimum Gasteiger partial charge on any atom is -0.492 e. The minimum atomic E-state index is -3.14. The predicted octanol–water partition coefficient (Wildman–Crippen LogP) is 1.84. The lowest BCUT2D eigenvalue weighted by atomic mass is 10.1. The third-order valence-corrected chi connectivity index (χ3v) is 4.08. The van der Waals surface area contributed by atoms with Crippen LogP contribution in [-0.4, -0.2) is 32.3 Å². The summed E-state index contributed by atoms with van der Waals surface area (Å²) in [6.07, 6.45) is 0. The molecule has 0 fully saturated rings. The smallest absolute Gasteiger partial charge is 0.163 e. The molecular formula is C12H15FO4S. The molecule has 1 rings (SSSR count). The van der Waals surface area contributed by atoms with Crippen LogP contribution in [0.5, 0.6) is 5.75 Å². The first-order valence-corrected chi connectivity index (χ1v) is 7.31. The van der Waals surface area contributed by atoms with Gasteiger partial charge in [-0.05, 0) is 19.1 Å². The number of benzene rings is 1. The van der Waals surface area contributed by atoms with Gasteiger partial charge in [0.25, 0.3) is 0 Å². The van der Waals surface area contributed by atoms with Crippen LogP contribution >= 0.6 is 0 Å². The first kappa shape index (κ1) is 14.6. The average Bonchev–Trinajstić information content (AvgIpc) is 2.28. The molecule has 1 aromatic rings. The maximum absolute atomic E-state index is 13.0. The second-order valence-electron chi connectivity index (χ2n) is 3.78. The Morgan fingerprint density at radius 3 is 2.61 bits per heavy atom. The van der Waals surface area contributed by atoms with Gasteiger partial charge in [-0.25, -0.2) is 12.8 Å². The number of hydrogen-bond acceptors (Lipinski definition) is 4. The zero-order valence-corrected chi connectivity index (χ0v) is 11.1. The van der Waals surface area contributed by atoms with Crippen molar-refractivity contribution in [1.29, 1.82) is 0 Å². The molecule has 0 amide bonds. The van der Waals surface area contributed by atoms with Gasteiger partial charge in [-0.2, -0.15) is 0 Å². The van der Waals surface area contributed by atoms with Crippen molar-refractivity contribution in [1.82, 2.24) is 0 Å². The Balaban J connectivity index is 2.78. The SMILES string of the molecule is CCS(=O)(=O)CCOc1cc(F)ccc1C(C)=O. The molecule has 0 aromatic heterocycles. The van der Waals surface area contributed by atoms with Gasteiger partial charge in [-0.15, -0.1) is 0 Å². The fourth-order valence-corrected chi connectivity index (χ4v) is 1.96. The monoisotopic (exact) mass is 274 g/mol. The van der Waals surface area contributed by atoms with Gasteiger partial charge in [0.1, 0.15) is 18.2 Å². The molecule has 0 aliphatic heterocycles. The molecule has 0 unspecified atom stereocenters. The summed E-state index contributed by atoms with van der Waals surface area (Å²) < 4.78 is 40.7. The Morgan fingerprint density at radius 2 is 2.06 bits per heavy atom. The minimum absolute atomic E-state index is 0.0269. The molecule has 0 N–H and O–H groups in total. The van der Waals surface area contributed by atoms with E-state index in [1.54, 1.807) is 6.92 Å². The fraction of sp³-hybridized carbons (Fsp3) is 0.417. The van der Waals surface area contributed by atoms with E-state index in [2.05, 4.69) is 0 Å². The van der Waals surface area contributed by atoms with Crippen LogP contribution in [0.25, 0.3) is 0 Å². The highest BCUT2D eigenvalue weighted by Crippen LogP contribution is 2.20. The third-order valence-electron chi connectivity index (χ3n) is 2.41. The summed E-state index contributed by atoms with van der Waals surface area (Å²) in [5, 5.41) is 0. The molecule has 0 aliphatic carbocycles. The van der Waals surface area contributed by atoms with Gasteiger partial charge in [0, 0.05) is 11.8 Å². The van der Waals surface area contributed by atoms with E-state index in [0.717, 1.165) is 12.1 Å². The van der Waals surface area contributed by atoms with Crippen molar-refractivity contribution in [2.24, 2.45) is 0 Å². The summed E-state index contributed by atoms with van der Waals surface area (Å²) in [6.45, 7) is 2.78. The maximum Gasteiger partial charge on any atom is 0.163 e. The molecule has 0 heterocycles. The van der Waals surface area contributed by atoms with Crippen molar-refractivity contribution in [2.45, 2.75) is 13.8 Å². The van der Waals surface area contributed by atoms with E-state index in [0.29, 0.717) is 0 Å². The number of ketones is 1. The molecule has 0 bridgehead atoms. The van der Waals surface area contributed by atoms with E-state index in [1.807, 2.05) is 0 Å². The normalized spacial score (nSPS) is 11.3. The Kier molecular flexibility index (Phi) is 4.84. The first-order chi connectivity index (χ1) is 8.35. The molecule has 1 aromatic carbocycles. The summed E-state index contributed by atoms with van der Waals surface area (Å²) in [5.41, 5.74) is 0.241. The Labute approximate surface area is 106 Å². The number of Topliss-reactive ketones (excluding diaryl/α,β-unsaturated/α-hetero) is 1. The van der Waals surface area contributed by atoms with Crippen LogP contribution in [0.1, 0.15) is 24.2 Å². The Morgan fingerprint density at radius 1 is 1.39 bits per heavy atom. The third kappa shape index (κ3) is 4.10. The highest BCUT2D eigenvalue weighted by molar-refractivity contribution is 7.91. The van der Waals surface area contributed by atoms with E-state index in [1.165, 1.54) is 13.0 Å². The number of carbonyl (C=O) groups excluding carboxylic acids is 1. The first-order valence-electron chi connectivity index (χ1n) is 5.49. The van der Waals surface area contributed by atoms with Crippen molar-refractivity contribution < 1.29 is 22.3 Å². The van der Waals surface area contributed by atoms with Crippen LogP contribution in [0.3, 0.4) is 0 Å². The molecule has 6 heteroatoms. The number of halogens is 1. The zero-order chi connectivity index (χ0) is 13.8. The van der Waals surface area contributed by atoms with Gasteiger partial charge >= 0.3 is 0 Å². The standard InChI is InChI=1S/C12H15FO4S/c1-3-18(15,16)7-6-17-12-8-10(13)4-5-11(12)9(2)14/h4-5,8H,3,6-7H2,1-2H3. The topological polar surface area (TPSA) is 60.4 Å². The molecule has 18 heavy (non-hydrogen) atoms. The molecule has 0 aliphatic rings. The van der Waals surface area contributed by atoms with Gasteiger partial charge < -0.3 is 4.74 Å². The van der Waals surface area contributed by atoms with E-state index in [-0.39, 0.29) is 35.2 Å². The molecule has 0 atom stereocenters. The summed E-state index contributed by atoms with van der Waals surface area (Å²) in [6, 6.07) is 3.56. The Hall–Kier alpha value is -1.43. The lowest BCUT2D eigenvalue weighted by Gasteiger charge is -2.09. The van der Waals surface area contributed by atoms with Gasteiger partial charge in [-0.1, -0.05) is 6.92 Å². The molecule has 0 radical (unpaired) electrons. The molecule has 4 nitrogen and oxygen atoms in total. The number of ether oxygens (including phenoxy) is 1. The predicted molar refractivity (Wildman–Crippen MR) is 66.2 cm³/mol. The number of sulfone groups is 1. The molecule has 0 saturated carbocycles. The van der Waals surface area contributed by atoms with Crippen LogP contribution in [0.4, 0.5) is 4.39 Å². The maximum atomic E-state index is 13.0. The molecule has 0 saturated heterocycles. The summed E-state index contributed by atoms with van der Waals surface area (Å²) in [4.78, 5) is 11.3. The van der Waals surface area contributed by atoms with Gasteiger partial charge in [0.05, 0.1) is 11.3 Å². The number of hydrogen-bond donors (Lipinski definition) is 0. The highest BCUT2D eigenvalue weighted by atomic mass is 32.2. The quantitative estimate of drug-likeness (QED) is 0.743. The lowest BCUT2D eigenvalue weighted by molar-refractivity contribution is 0.101. The van der Waals surface area contributed by atoms with Crippen molar-refractivity contribution >= 4 is 15.6 Å². The van der Waals surface area contributed by atoms with Gasteiger partial charge in [0.15, 0.2) is 15.6 Å². The highest BCUT2D eigenvalue weighted by Gasteiger charge is 2.12. The van der Waals surface area contributed by atoms with Crippen LogP contribution in [0.15, 0.2) is 18.2 Å².